The van der Waals surface area contributed by atoms with Crippen LogP contribution in [-0.4, -0.2) is 14.1 Å². The van der Waals surface area contributed by atoms with Crippen molar-refractivity contribution < 1.29 is 0 Å². The summed E-state index contributed by atoms with van der Waals surface area (Å²) >= 11 is 0. The van der Waals surface area contributed by atoms with E-state index in [0.717, 1.165) is 5.69 Å². The van der Waals surface area contributed by atoms with Crippen molar-refractivity contribution in [2.24, 2.45) is 4.36 Å². The third-order valence-electron chi connectivity index (χ3n) is 1.79. The average molecular weight is 233 g/mol. The van der Waals surface area contributed by atoms with Crippen molar-refractivity contribution in [2.45, 2.75) is 4.90 Å². The highest BCUT2D eigenvalue weighted by Crippen LogP contribution is 2.43. The molecule has 2 rings (SSSR count). The Bertz CT molecular complexity index is 376. The molecule has 0 amide bonds. The topological polar surface area (TPSA) is 15.6 Å². The second-order valence-electron chi connectivity index (χ2n) is 2.93. The van der Waals surface area contributed by atoms with Crippen LogP contribution in [-0.2, 0) is 8.94 Å². The van der Waals surface area contributed by atoms with Crippen LogP contribution in [0.4, 0.5) is 11.4 Å². The van der Waals surface area contributed by atoms with Gasteiger partial charge in [-0.3, -0.25) is 0 Å². The van der Waals surface area contributed by atoms with Crippen LogP contribution in [0.1, 0.15) is 0 Å². The van der Waals surface area contributed by atoms with Crippen molar-refractivity contribution in [2.75, 3.05) is 19.0 Å². The van der Waals surface area contributed by atoms with E-state index in [9.17, 15) is 0 Å². The fourth-order valence-corrected chi connectivity index (χ4v) is 4.05. The highest BCUT2D eigenvalue weighted by Gasteiger charge is 2.13. The molecule has 1 heterocycles. The predicted octanol–water partition coefficient (Wildman–Crippen LogP) is 3.36. The molecule has 1 aliphatic rings. The maximum atomic E-state index is 5.92. The van der Waals surface area contributed by atoms with Crippen LogP contribution >= 0.6 is 21.5 Å². The van der Waals surface area contributed by atoms with E-state index in [0.29, 0.717) is 0 Å². The first kappa shape index (κ1) is 9.37. The van der Waals surface area contributed by atoms with Gasteiger partial charge in [-0.1, -0.05) is 0 Å². The van der Waals surface area contributed by atoms with Crippen LogP contribution in [0.2, 0.25) is 0 Å². The first-order valence-electron chi connectivity index (χ1n) is 3.79. The third kappa shape index (κ3) is 1.85. The van der Waals surface area contributed by atoms with Gasteiger partial charge in [0, 0.05) is 24.7 Å². The van der Waals surface area contributed by atoms with Gasteiger partial charge in [0.2, 0.25) is 0 Å². The summed E-state index contributed by atoms with van der Waals surface area (Å²) in [5, 5.41) is 0. The summed E-state index contributed by atoms with van der Waals surface area (Å²) in [6.07, 6.45) is 0. The van der Waals surface area contributed by atoms with Gasteiger partial charge in [-0.05, 0) is 39.7 Å². The lowest BCUT2D eigenvalue weighted by Gasteiger charge is -2.12. The number of anilines is 1. The lowest BCUT2D eigenvalue weighted by Crippen LogP contribution is -2.07. The maximum absolute atomic E-state index is 5.92. The molecule has 0 fully saturated rings. The Labute approximate surface area is 88.3 Å². The summed E-state index contributed by atoms with van der Waals surface area (Å²) < 4.78 is 4.29. The van der Waals surface area contributed by atoms with Crippen LogP contribution in [0.3, 0.4) is 0 Å². The molecule has 1 aliphatic heterocycles. The molecule has 1 aromatic rings. The summed E-state index contributed by atoms with van der Waals surface area (Å²) in [5.74, 6) is 0. The number of benzene rings is 1. The highest BCUT2D eigenvalue weighted by atomic mass is 35.7. The molecule has 1 unspecified atom stereocenters. The van der Waals surface area contributed by atoms with E-state index in [-0.39, 0.29) is 0 Å². The Morgan fingerprint density at radius 1 is 1.46 bits per heavy atom. The van der Waals surface area contributed by atoms with E-state index >= 15 is 0 Å². The van der Waals surface area contributed by atoms with E-state index < -0.39 is 8.94 Å². The van der Waals surface area contributed by atoms with E-state index in [1.54, 1.807) is 10.8 Å². The van der Waals surface area contributed by atoms with Crippen molar-refractivity contribution in [1.82, 2.24) is 0 Å². The molecule has 0 radical (unpaired) electrons. The van der Waals surface area contributed by atoms with Gasteiger partial charge in [0.25, 0.3) is 0 Å². The Hall–Kier alpha value is -0.190. The molecule has 0 aliphatic carbocycles. The molecule has 1 aromatic carbocycles. The van der Waals surface area contributed by atoms with Crippen LogP contribution in [0.5, 0.6) is 0 Å². The SMILES string of the molecule is CN(C)c1ccc2c(c1)SS(Cl)=N2. The zero-order valence-corrected chi connectivity index (χ0v) is 9.71. The first-order valence-corrected chi connectivity index (χ1v) is 7.13. The molecule has 0 N–H and O–H groups in total. The Kier molecular flexibility index (Phi) is 2.53. The highest BCUT2D eigenvalue weighted by molar-refractivity contribution is 8.78. The minimum atomic E-state index is -0.395. The van der Waals surface area contributed by atoms with Gasteiger partial charge in [-0.2, -0.15) is 0 Å². The van der Waals surface area contributed by atoms with Crippen molar-refractivity contribution in [3.05, 3.63) is 18.2 Å². The smallest absolute Gasteiger partial charge is 0.0873 e. The number of hydrogen-bond donors (Lipinski definition) is 0. The van der Waals surface area contributed by atoms with Crippen LogP contribution < -0.4 is 4.90 Å². The summed E-state index contributed by atoms with van der Waals surface area (Å²) in [4.78, 5) is 3.26. The third-order valence-corrected chi connectivity index (χ3v) is 4.72. The van der Waals surface area contributed by atoms with E-state index in [4.69, 9.17) is 10.7 Å². The number of fused-ring (bicyclic) bond motifs is 1. The second kappa shape index (κ2) is 3.52. The zero-order chi connectivity index (χ0) is 9.42. The first-order chi connectivity index (χ1) is 6.16. The van der Waals surface area contributed by atoms with E-state index in [2.05, 4.69) is 21.4 Å². The molecule has 5 heteroatoms. The summed E-state index contributed by atoms with van der Waals surface area (Å²) in [5.41, 5.74) is 2.21. The van der Waals surface area contributed by atoms with Gasteiger partial charge in [0.05, 0.1) is 14.6 Å². The van der Waals surface area contributed by atoms with Gasteiger partial charge < -0.3 is 4.90 Å². The molecule has 70 valence electrons. The lowest BCUT2D eigenvalue weighted by atomic mass is 10.3. The van der Waals surface area contributed by atoms with Gasteiger partial charge in [0.15, 0.2) is 0 Å². The van der Waals surface area contributed by atoms with Gasteiger partial charge in [-0.25, -0.2) is 4.36 Å². The van der Waals surface area contributed by atoms with Crippen LogP contribution in [0, 0.1) is 0 Å². The molecule has 0 bridgehead atoms. The van der Waals surface area contributed by atoms with E-state index in [1.807, 2.05) is 20.2 Å². The molecule has 1 atom stereocenters. The lowest BCUT2D eigenvalue weighted by molar-refractivity contribution is 1.12. The molecular weight excluding hydrogens is 224 g/mol. The van der Waals surface area contributed by atoms with Crippen LogP contribution in [0.15, 0.2) is 27.5 Å². The number of nitrogens with zero attached hydrogens (tertiary/aromatic N) is 2. The number of rotatable bonds is 1. The van der Waals surface area contributed by atoms with Gasteiger partial charge in [-0.15, -0.1) is 0 Å². The molecule has 0 aromatic heterocycles. The molecular formula is C8H9ClN2S2. The summed E-state index contributed by atoms with van der Waals surface area (Å²) in [7, 11) is 11.2. The minimum absolute atomic E-state index is 0.395. The predicted molar refractivity (Wildman–Crippen MR) is 61.9 cm³/mol. The van der Waals surface area contributed by atoms with Crippen molar-refractivity contribution in [3.8, 4) is 0 Å². The monoisotopic (exact) mass is 232 g/mol. The zero-order valence-electron chi connectivity index (χ0n) is 7.32. The fourth-order valence-electron chi connectivity index (χ4n) is 1.09. The van der Waals surface area contributed by atoms with Crippen molar-refractivity contribution >= 4 is 41.8 Å². The molecule has 13 heavy (non-hydrogen) atoms. The Morgan fingerprint density at radius 3 is 2.92 bits per heavy atom. The summed E-state index contributed by atoms with van der Waals surface area (Å²) in [6.45, 7) is 0. The van der Waals surface area contributed by atoms with Crippen LogP contribution in [0.25, 0.3) is 0 Å². The fraction of sp³-hybridized carbons (Fsp3) is 0.250. The maximum Gasteiger partial charge on any atom is 0.0873 e. The largest absolute Gasteiger partial charge is 0.378 e. The number of halogens is 1. The Balaban J connectivity index is 2.40. The molecule has 0 saturated heterocycles. The Morgan fingerprint density at radius 2 is 2.23 bits per heavy atom. The minimum Gasteiger partial charge on any atom is -0.378 e. The normalized spacial score (nSPS) is 19.5. The quantitative estimate of drug-likeness (QED) is 0.690. The van der Waals surface area contributed by atoms with Crippen molar-refractivity contribution in [3.63, 3.8) is 0 Å². The molecule has 2 nitrogen and oxygen atoms in total. The van der Waals surface area contributed by atoms with Gasteiger partial charge in [0.1, 0.15) is 0 Å². The standard InChI is InChI=1S/C8H9ClN2S2/c1-11(2)6-3-4-7-8(5-6)12-13(9)10-7/h3-5H,1-2H3. The number of hydrogen-bond acceptors (Lipinski definition) is 3. The average Bonchev–Trinajstić information content (AvgIpc) is 2.42. The molecule has 0 saturated carbocycles. The van der Waals surface area contributed by atoms with Gasteiger partial charge >= 0.3 is 0 Å². The van der Waals surface area contributed by atoms with E-state index in [1.165, 1.54) is 10.6 Å². The second-order valence-corrected chi connectivity index (χ2v) is 7.00. The van der Waals surface area contributed by atoms with Crippen molar-refractivity contribution in [1.29, 1.82) is 0 Å². The summed E-state index contributed by atoms with van der Waals surface area (Å²) in [6, 6.07) is 6.20. The molecule has 0 spiro atoms.